The van der Waals surface area contributed by atoms with Crippen LogP contribution in [0.3, 0.4) is 0 Å². The van der Waals surface area contributed by atoms with Gasteiger partial charge in [0.2, 0.25) is 0 Å². The number of aromatic hydroxyl groups is 1. The maximum atomic E-state index is 11.8. The van der Waals surface area contributed by atoms with Crippen LogP contribution in [0, 0.1) is 6.92 Å². The minimum atomic E-state index is -0.414. The third-order valence-electron chi connectivity index (χ3n) is 2.32. The molecule has 0 saturated carbocycles. The zero-order chi connectivity index (χ0) is 13.1. The Morgan fingerprint density at radius 2 is 2.11 bits per heavy atom. The molecule has 0 spiro atoms. The van der Waals surface area contributed by atoms with Crippen LogP contribution in [0.1, 0.15) is 16.1 Å². The molecule has 0 aliphatic rings. The van der Waals surface area contributed by atoms with Crippen LogP contribution < -0.4 is 5.32 Å². The average Bonchev–Trinajstić information content (AvgIpc) is 2.34. The van der Waals surface area contributed by atoms with Gasteiger partial charge in [-0.3, -0.25) is 4.79 Å². The van der Waals surface area contributed by atoms with Gasteiger partial charge in [-0.1, -0.05) is 17.7 Å². The molecule has 2 N–H and O–H groups in total. The normalized spacial score (nSPS) is 10.1. The Kier molecular flexibility index (Phi) is 3.43. The van der Waals surface area contributed by atoms with E-state index in [1.807, 2.05) is 0 Å². The number of rotatable bonds is 2. The summed E-state index contributed by atoms with van der Waals surface area (Å²) < 4.78 is 0. The van der Waals surface area contributed by atoms with E-state index in [0.717, 1.165) is 5.56 Å². The summed E-state index contributed by atoms with van der Waals surface area (Å²) in [6.45, 7) is 1.77. The van der Waals surface area contributed by atoms with Crippen molar-refractivity contribution < 1.29 is 9.90 Å². The molecule has 1 heterocycles. The Hall–Kier alpha value is -2.14. The van der Waals surface area contributed by atoms with Crippen LogP contribution in [0.2, 0.25) is 5.15 Å². The largest absolute Gasteiger partial charge is 0.508 e. The molecule has 0 saturated heterocycles. The highest BCUT2D eigenvalue weighted by Gasteiger charge is 2.09. The fourth-order valence-electron chi connectivity index (χ4n) is 1.31. The van der Waals surface area contributed by atoms with Gasteiger partial charge < -0.3 is 10.4 Å². The molecule has 0 aliphatic heterocycles. The molecule has 18 heavy (non-hydrogen) atoms. The predicted octanol–water partition coefficient (Wildman–Crippen LogP) is 2.40. The summed E-state index contributed by atoms with van der Waals surface area (Å²) in [7, 11) is 0. The maximum Gasteiger partial charge on any atom is 0.275 e. The molecule has 0 fully saturated rings. The summed E-state index contributed by atoms with van der Waals surface area (Å²) in [4.78, 5) is 19.4. The number of halogens is 1. The van der Waals surface area contributed by atoms with Gasteiger partial charge in [0, 0.05) is 11.8 Å². The first-order valence-electron chi connectivity index (χ1n) is 5.15. The Morgan fingerprint density at radius 3 is 2.72 bits per heavy atom. The second-order valence-electron chi connectivity index (χ2n) is 3.68. The minimum absolute atomic E-state index is 0.120. The Morgan fingerprint density at radius 1 is 1.33 bits per heavy atom. The van der Waals surface area contributed by atoms with E-state index in [2.05, 4.69) is 15.3 Å². The van der Waals surface area contributed by atoms with E-state index >= 15 is 0 Å². The van der Waals surface area contributed by atoms with Crippen LogP contribution in [-0.4, -0.2) is 21.0 Å². The van der Waals surface area contributed by atoms with Crippen LogP contribution in [-0.2, 0) is 0 Å². The number of nitrogens with one attached hydrogen (secondary N) is 1. The van der Waals surface area contributed by atoms with Crippen molar-refractivity contribution in [1.29, 1.82) is 0 Å². The zero-order valence-corrected chi connectivity index (χ0v) is 10.3. The summed E-state index contributed by atoms with van der Waals surface area (Å²) in [6.07, 6.45) is 2.58. The van der Waals surface area contributed by atoms with Gasteiger partial charge in [0.15, 0.2) is 0 Å². The molecule has 1 aromatic heterocycles. The predicted molar refractivity (Wildman–Crippen MR) is 67.8 cm³/mol. The number of amides is 1. The van der Waals surface area contributed by atoms with E-state index in [-0.39, 0.29) is 16.6 Å². The first-order valence-corrected chi connectivity index (χ1v) is 5.52. The molecule has 1 amide bonds. The number of phenolic OH excluding ortho intramolecular Hbond substituents is 1. The standard InChI is InChI=1S/C12H10ClN3O2/c1-7-2-3-8(4-10(7)17)16-12(18)9-5-15-11(13)6-14-9/h2-6,17H,1H3,(H,16,18). The van der Waals surface area contributed by atoms with Crippen LogP contribution in [0.15, 0.2) is 30.6 Å². The number of phenols is 1. The average molecular weight is 264 g/mol. The van der Waals surface area contributed by atoms with Gasteiger partial charge >= 0.3 is 0 Å². The monoisotopic (exact) mass is 263 g/mol. The molecule has 2 rings (SSSR count). The molecule has 0 unspecified atom stereocenters. The highest BCUT2D eigenvalue weighted by molar-refractivity contribution is 6.29. The highest BCUT2D eigenvalue weighted by atomic mass is 35.5. The fourth-order valence-corrected chi connectivity index (χ4v) is 1.41. The molecule has 6 heteroatoms. The maximum absolute atomic E-state index is 11.8. The molecule has 0 aliphatic carbocycles. The lowest BCUT2D eigenvalue weighted by atomic mass is 10.2. The highest BCUT2D eigenvalue weighted by Crippen LogP contribution is 2.21. The van der Waals surface area contributed by atoms with Gasteiger partial charge in [-0.2, -0.15) is 0 Å². The third-order valence-corrected chi connectivity index (χ3v) is 2.52. The van der Waals surface area contributed by atoms with Gasteiger partial charge in [0.05, 0.1) is 12.4 Å². The Labute approximate surface area is 108 Å². The molecule has 5 nitrogen and oxygen atoms in total. The van der Waals surface area contributed by atoms with Gasteiger partial charge in [-0.05, 0) is 18.6 Å². The van der Waals surface area contributed by atoms with Crippen LogP contribution in [0.5, 0.6) is 5.75 Å². The minimum Gasteiger partial charge on any atom is -0.508 e. The van der Waals surface area contributed by atoms with E-state index in [0.29, 0.717) is 5.69 Å². The van der Waals surface area contributed by atoms with Crippen molar-refractivity contribution in [2.45, 2.75) is 6.92 Å². The number of aromatic nitrogens is 2. The van der Waals surface area contributed by atoms with Gasteiger partial charge in [0.1, 0.15) is 16.6 Å². The smallest absolute Gasteiger partial charge is 0.275 e. The second-order valence-corrected chi connectivity index (χ2v) is 4.07. The van der Waals surface area contributed by atoms with Crippen molar-refractivity contribution in [2.75, 3.05) is 5.32 Å². The molecule has 0 bridgehead atoms. The summed E-state index contributed by atoms with van der Waals surface area (Å²) in [5.41, 5.74) is 1.37. The van der Waals surface area contributed by atoms with Crippen LogP contribution in [0.4, 0.5) is 5.69 Å². The quantitative estimate of drug-likeness (QED) is 0.872. The number of carbonyl (C=O) groups is 1. The summed E-state index contributed by atoms with van der Waals surface area (Å²) >= 11 is 5.58. The van der Waals surface area contributed by atoms with Crippen molar-refractivity contribution in [1.82, 2.24) is 9.97 Å². The third kappa shape index (κ3) is 2.75. The van der Waals surface area contributed by atoms with Crippen molar-refractivity contribution >= 4 is 23.2 Å². The zero-order valence-electron chi connectivity index (χ0n) is 9.51. The number of carbonyl (C=O) groups excluding carboxylic acids is 1. The topological polar surface area (TPSA) is 75.1 Å². The number of anilines is 1. The van der Waals surface area contributed by atoms with Gasteiger partial charge in [-0.25, -0.2) is 9.97 Å². The Balaban J connectivity index is 2.16. The van der Waals surface area contributed by atoms with Crippen molar-refractivity contribution in [3.8, 4) is 5.75 Å². The van der Waals surface area contributed by atoms with E-state index < -0.39 is 5.91 Å². The summed E-state index contributed by atoms with van der Waals surface area (Å²) in [5.74, 6) is -0.294. The SMILES string of the molecule is Cc1ccc(NC(=O)c2cnc(Cl)cn2)cc1O. The molecule has 2 aromatic rings. The van der Waals surface area contributed by atoms with E-state index in [1.165, 1.54) is 18.5 Å². The number of nitrogens with zero attached hydrogens (tertiary/aromatic N) is 2. The number of aryl methyl sites for hydroxylation is 1. The molecule has 0 radical (unpaired) electrons. The lowest BCUT2D eigenvalue weighted by Crippen LogP contribution is -2.13. The first-order chi connectivity index (χ1) is 8.56. The number of hydrogen-bond donors (Lipinski definition) is 2. The molecule has 92 valence electrons. The first kappa shape index (κ1) is 12.3. The molecule has 0 atom stereocenters. The molecule has 1 aromatic carbocycles. The van der Waals surface area contributed by atoms with Crippen molar-refractivity contribution in [3.05, 3.63) is 47.0 Å². The Bertz CT molecular complexity index is 584. The number of hydrogen-bond acceptors (Lipinski definition) is 4. The fraction of sp³-hybridized carbons (Fsp3) is 0.0833. The van der Waals surface area contributed by atoms with E-state index in [9.17, 15) is 9.90 Å². The molecular formula is C12H10ClN3O2. The van der Waals surface area contributed by atoms with Crippen LogP contribution >= 0.6 is 11.6 Å². The van der Waals surface area contributed by atoms with Gasteiger partial charge in [0.25, 0.3) is 5.91 Å². The molecular weight excluding hydrogens is 254 g/mol. The van der Waals surface area contributed by atoms with Gasteiger partial charge in [-0.15, -0.1) is 0 Å². The van der Waals surface area contributed by atoms with Crippen molar-refractivity contribution in [2.24, 2.45) is 0 Å². The van der Waals surface area contributed by atoms with Crippen LogP contribution in [0.25, 0.3) is 0 Å². The van der Waals surface area contributed by atoms with Crippen molar-refractivity contribution in [3.63, 3.8) is 0 Å². The second kappa shape index (κ2) is 5.01. The van der Waals surface area contributed by atoms with E-state index in [4.69, 9.17) is 11.6 Å². The summed E-state index contributed by atoms with van der Waals surface area (Å²) in [6, 6.07) is 4.87. The number of benzene rings is 1. The lowest BCUT2D eigenvalue weighted by molar-refractivity contribution is 0.102. The summed E-state index contributed by atoms with van der Waals surface area (Å²) in [5, 5.41) is 12.3. The lowest BCUT2D eigenvalue weighted by Gasteiger charge is -2.06. The van der Waals surface area contributed by atoms with E-state index in [1.54, 1.807) is 19.1 Å².